The number of carbonyl (C=O) groups is 2. The predicted octanol–water partition coefficient (Wildman–Crippen LogP) is 4.73. The van der Waals surface area contributed by atoms with Crippen molar-refractivity contribution in [3.63, 3.8) is 0 Å². The van der Waals surface area contributed by atoms with E-state index >= 15 is 0 Å². The van der Waals surface area contributed by atoms with Crippen LogP contribution in [-0.4, -0.2) is 55.0 Å². The van der Waals surface area contributed by atoms with Crippen LogP contribution in [0.25, 0.3) is 0 Å². The Balaban J connectivity index is 1.79. The number of halogens is 2. The fourth-order valence-electron chi connectivity index (χ4n) is 3.65. The topological polar surface area (TPSA) is 74.3 Å². The molecule has 7 nitrogen and oxygen atoms in total. The summed E-state index contributed by atoms with van der Waals surface area (Å²) in [5.41, 5.74) is 0.162. The zero-order valence-corrected chi connectivity index (χ0v) is 18.9. The minimum atomic E-state index is -2.95. The molecule has 0 radical (unpaired) electrons. The third kappa shape index (κ3) is 6.97. The second kappa shape index (κ2) is 9.92. The van der Waals surface area contributed by atoms with Gasteiger partial charge in [-0.1, -0.05) is 6.07 Å². The summed E-state index contributed by atoms with van der Waals surface area (Å²) >= 11 is 0. The van der Waals surface area contributed by atoms with Crippen LogP contribution in [0.15, 0.2) is 18.2 Å². The van der Waals surface area contributed by atoms with E-state index in [2.05, 4.69) is 4.74 Å². The molecule has 1 aliphatic heterocycles. The van der Waals surface area contributed by atoms with Crippen molar-refractivity contribution in [2.24, 2.45) is 5.92 Å². The van der Waals surface area contributed by atoms with E-state index in [0.29, 0.717) is 25.5 Å². The van der Waals surface area contributed by atoms with E-state index in [-0.39, 0.29) is 30.1 Å². The van der Waals surface area contributed by atoms with Gasteiger partial charge in [0.05, 0.1) is 12.6 Å². The van der Waals surface area contributed by atoms with Gasteiger partial charge in [-0.15, -0.1) is 0 Å². The summed E-state index contributed by atoms with van der Waals surface area (Å²) in [5, 5.41) is 0. The number of ether oxygens (including phenoxy) is 4. The Morgan fingerprint density at radius 3 is 2.47 bits per heavy atom. The summed E-state index contributed by atoms with van der Waals surface area (Å²) in [6.45, 7) is 4.56. The average molecular weight is 455 g/mol. The Morgan fingerprint density at radius 1 is 1.16 bits per heavy atom. The molecule has 1 unspecified atom stereocenters. The Bertz CT molecular complexity index is 821. The van der Waals surface area contributed by atoms with E-state index in [0.717, 1.165) is 18.4 Å². The van der Waals surface area contributed by atoms with Crippen molar-refractivity contribution in [2.75, 3.05) is 19.8 Å². The summed E-state index contributed by atoms with van der Waals surface area (Å²) in [4.78, 5) is 25.6. The normalized spacial score (nSPS) is 20.9. The molecular formula is C23H31F2NO6. The molecule has 1 aliphatic carbocycles. The monoisotopic (exact) mass is 455 g/mol. The van der Waals surface area contributed by atoms with Crippen molar-refractivity contribution in [1.82, 2.24) is 4.90 Å². The molecule has 0 bridgehead atoms. The summed E-state index contributed by atoms with van der Waals surface area (Å²) in [7, 11) is 0. The highest BCUT2D eigenvalue weighted by Gasteiger charge is 2.39. The summed E-state index contributed by atoms with van der Waals surface area (Å²) in [6, 6.07) is 4.52. The van der Waals surface area contributed by atoms with Gasteiger partial charge in [-0.2, -0.15) is 8.78 Å². The molecule has 3 rings (SSSR count). The lowest BCUT2D eigenvalue weighted by Gasteiger charge is -2.28. The van der Waals surface area contributed by atoms with Gasteiger partial charge in [0.15, 0.2) is 11.5 Å². The fraction of sp³-hybridized carbons (Fsp3) is 0.652. The van der Waals surface area contributed by atoms with Gasteiger partial charge in [-0.25, -0.2) is 4.79 Å². The minimum Gasteiger partial charge on any atom is -0.489 e. The molecule has 2 aliphatic rings. The first kappa shape index (κ1) is 24.1. The van der Waals surface area contributed by atoms with Gasteiger partial charge in [0.2, 0.25) is 0 Å². The van der Waals surface area contributed by atoms with Gasteiger partial charge < -0.3 is 23.8 Å². The highest BCUT2D eigenvalue weighted by molar-refractivity contribution is 5.70. The molecule has 178 valence electrons. The highest BCUT2D eigenvalue weighted by Crippen LogP contribution is 2.39. The smallest absolute Gasteiger partial charge is 0.410 e. The second-order valence-corrected chi connectivity index (χ2v) is 9.36. The van der Waals surface area contributed by atoms with E-state index in [4.69, 9.17) is 14.2 Å². The van der Waals surface area contributed by atoms with Gasteiger partial charge in [0.1, 0.15) is 12.2 Å². The Morgan fingerprint density at radius 2 is 1.88 bits per heavy atom. The van der Waals surface area contributed by atoms with E-state index < -0.39 is 24.3 Å². The number of benzene rings is 1. The maximum absolute atomic E-state index is 12.8. The number of carbonyl (C=O) groups excluding carboxylic acids is 2. The summed E-state index contributed by atoms with van der Waals surface area (Å²) in [5.74, 6) is 0.166. The van der Waals surface area contributed by atoms with Crippen molar-refractivity contribution in [3.8, 4) is 11.5 Å². The molecule has 0 aromatic heterocycles. The number of alkyl halides is 2. The quantitative estimate of drug-likeness (QED) is 0.528. The molecule has 1 aromatic rings. The van der Waals surface area contributed by atoms with Gasteiger partial charge in [-0.05, 0) is 63.6 Å². The fourth-order valence-corrected chi connectivity index (χ4v) is 3.65. The highest BCUT2D eigenvalue weighted by atomic mass is 19.3. The van der Waals surface area contributed by atoms with Crippen LogP contribution < -0.4 is 9.47 Å². The van der Waals surface area contributed by atoms with E-state index in [9.17, 15) is 18.4 Å². The summed E-state index contributed by atoms with van der Waals surface area (Å²) in [6.07, 6.45) is 2.18. The Kier molecular flexibility index (Phi) is 7.46. The predicted molar refractivity (Wildman–Crippen MR) is 112 cm³/mol. The molecule has 1 amide bonds. The molecule has 1 saturated heterocycles. The number of amides is 1. The van der Waals surface area contributed by atoms with Crippen molar-refractivity contribution < 1.29 is 37.3 Å². The number of nitrogens with zero attached hydrogens (tertiary/aromatic N) is 1. The van der Waals surface area contributed by atoms with Gasteiger partial charge >= 0.3 is 18.7 Å². The number of rotatable bonds is 8. The summed E-state index contributed by atoms with van der Waals surface area (Å²) < 4.78 is 46.7. The zero-order chi connectivity index (χ0) is 23.5. The third-order valence-electron chi connectivity index (χ3n) is 5.35. The van der Waals surface area contributed by atoms with Crippen LogP contribution in [0, 0.1) is 5.92 Å². The van der Waals surface area contributed by atoms with Crippen LogP contribution in [0.3, 0.4) is 0 Å². The molecular weight excluding hydrogens is 424 g/mol. The van der Waals surface area contributed by atoms with Gasteiger partial charge in [-0.3, -0.25) is 4.79 Å². The van der Waals surface area contributed by atoms with E-state index in [1.165, 1.54) is 13.0 Å². The molecule has 0 N–H and O–H groups in total. The lowest BCUT2D eigenvalue weighted by molar-refractivity contribution is -0.142. The lowest BCUT2D eigenvalue weighted by atomic mass is 9.96. The number of likely N-dealkylation sites (tertiary alicyclic amines) is 1. The molecule has 32 heavy (non-hydrogen) atoms. The van der Waals surface area contributed by atoms with E-state index in [1.807, 2.05) is 0 Å². The SMILES string of the molecule is CC(=O)OC[C@@H]1CC(c2ccc(OC(F)F)c(OCC3CC3)c2)CN1C(=O)OC(C)(C)C. The first-order valence-electron chi connectivity index (χ1n) is 10.9. The van der Waals surface area contributed by atoms with Gasteiger partial charge in [0, 0.05) is 19.4 Å². The first-order valence-corrected chi connectivity index (χ1v) is 10.9. The third-order valence-corrected chi connectivity index (χ3v) is 5.35. The van der Waals surface area contributed by atoms with Crippen molar-refractivity contribution in [2.45, 2.75) is 71.1 Å². The number of hydrogen-bond acceptors (Lipinski definition) is 6. The number of hydrogen-bond donors (Lipinski definition) is 0. The maximum atomic E-state index is 12.8. The van der Waals surface area contributed by atoms with Crippen LogP contribution in [0.2, 0.25) is 0 Å². The van der Waals surface area contributed by atoms with E-state index in [1.54, 1.807) is 37.8 Å². The Labute approximate surface area is 186 Å². The van der Waals surface area contributed by atoms with Gasteiger partial charge in [0.25, 0.3) is 0 Å². The average Bonchev–Trinajstić information content (AvgIpc) is 3.40. The molecule has 1 aromatic carbocycles. The van der Waals surface area contributed by atoms with Crippen molar-refractivity contribution in [1.29, 1.82) is 0 Å². The molecule has 2 fully saturated rings. The molecule has 0 spiro atoms. The Hall–Kier alpha value is -2.58. The molecule has 1 heterocycles. The second-order valence-electron chi connectivity index (χ2n) is 9.36. The maximum Gasteiger partial charge on any atom is 0.410 e. The molecule has 1 saturated carbocycles. The largest absolute Gasteiger partial charge is 0.489 e. The number of esters is 1. The van der Waals surface area contributed by atoms with Crippen LogP contribution in [0.4, 0.5) is 13.6 Å². The van der Waals surface area contributed by atoms with Crippen LogP contribution >= 0.6 is 0 Å². The van der Waals surface area contributed by atoms with Crippen LogP contribution in [-0.2, 0) is 14.3 Å². The molecule has 2 atom stereocenters. The molecule has 9 heteroatoms. The van der Waals surface area contributed by atoms with Crippen LogP contribution in [0.5, 0.6) is 11.5 Å². The van der Waals surface area contributed by atoms with Crippen molar-refractivity contribution in [3.05, 3.63) is 23.8 Å². The standard InChI is InChI=1S/C23H31F2NO6/c1-14(27)29-13-18-9-17(11-26(18)22(28)32-23(2,3)4)16-7-8-19(31-21(24)25)20(10-16)30-12-15-5-6-15/h7-8,10,15,17-18,21H,5-6,9,11-13H2,1-4H3/t17?,18-/m0/s1. The van der Waals surface area contributed by atoms with Crippen molar-refractivity contribution >= 4 is 12.1 Å². The lowest BCUT2D eigenvalue weighted by Crippen LogP contribution is -2.42. The van der Waals surface area contributed by atoms with Crippen LogP contribution in [0.1, 0.15) is 58.4 Å². The zero-order valence-electron chi connectivity index (χ0n) is 18.9. The minimum absolute atomic E-state index is 0.0112. The first-order chi connectivity index (χ1) is 15.0.